The summed E-state index contributed by atoms with van der Waals surface area (Å²) in [6, 6.07) is 1.35. The van der Waals surface area contributed by atoms with E-state index in [1.165, 1.54) is 0 Å². The standard InChI is InChI=1S/2C8H17NO/c2*1-7(2)9-4-5-10-8(3)6-9/h2*7-8H,4-6H2,1-3H3. The molecule has 0 amide bonds. The molecule has 0 aromatic carbocycles. The second-order valence-corrected chi connectivity index (χ2v) is 6.54. The molecular formula is C16H34N2O2. The highest BCUT2D eigenvalue weighted by molar-refractivity contribution is 4.71. The van der Waals surface area contributed by atoms with E-state index < -0.39 is 0 Å². The fourth-order valence-electron chi connectivity index (χ4n) is 2.63. The normalized spacial score (nSPS) is 29.4. The van der Waals surface area contributed by atoms with Crippen molar-refractivity contribution in [3.05, 3.63) is 0 Å². The van der Waals surface area contributed by atoms with Crippen molar-refractivity contribution < 1.29 is 9.47 Å². The van der Waals surface area contributed by atoms with Crippen LogP contribution in [0.4, 0.5) is 0 Å². The van der Waals surface area contributed by atoms with E-state index in [9.17, 15) is 0 Å². The molecule has 2 unspecified atom stereocenters. The highest BCUT2D eigenvalue weighted by Crippen LogP contribution is 2.08. The first-order valence-corrected chi connectivity index (χ1v) is 8.11. The van der Waals surface area contributed by atoms with Gasteiger partial charge in [-0.05, 0) is 41.5 Å². The Bertz CT molecular complexity index is 233. The minimum Gasteiger partial charge on any atom is -0.376 e. The van der Waals surface area contributed by atoms with Crippen LogP contribution >= 0.6 is 0 Å². The Morgan fingerprint density at radius 3 is 1.30 bits per heavy atom. The Balaban J connectivity index is 0.000000200. The molecule has 4 nitrogen and oxygen atoms in total. The van der Waals surface area contributed by atoms with E-state index in [1.807, 2.05) is 0 Å². The summed E-state index contributed by atoms with van der Waals surface area (Å²) in [5.41, 5.74) is 0. The molecular weight excluding hydrogens is 252 g/mol. The van der Waals surface area contributed by atoms with Crippen molar-refractivity contribution >= 4 is 0 Å². The van der Waals surface area contributed by atoms with E-state index >= 15 is 0 Å². The van der Waals surface area contributed by atoms with Crippen molar-refractivity contribution in [1.82, 2.24) is 9.80 Å². The van der Waals surface area contributed by atoms with Crippen LogP contribution in [-0.2, 0) is 9.47 Å². The third kappa shape index (κ3) is 6.53. The van der Waals surface area contributed by atoms with Crippen molar-refractivity contribution in [3.63, 3.8) is 0 Å². The number of hydrogen-bond donors (Lipinski definition) is 0. The predicted octanol–water partition coefficient (Wildman–Crippen LogP) is 2.23. The van der Waals surface area contributed by atoms with Crippen molar-refractivity contribution in [1.29, 1.82) is 0 Å². The van der Waals surface area contributed by atoms with Crippen LogP contribution < -0.4 is 0 Å². The lowest BCUT2D eigenvalue weighted by molar-refractivity contribution is -0.0289. The summed E-state index contributed by atoms with van der Waals surface area (Å²) >= 11 is 0. The summed E-state index contributed by atoms with van der Waals surface area (Å²) in [4.78, 5) is 4.91. The first-order valence-electron chi connectivity index (χ1n) is 8.11. The Labute approximate surface area is 125 Å². The average Bonchev–Trinajstić information content (AvgIpc) is 2.39. The molecule has 2 fully saturated rings. The van der Waals surface area contributed by atoms with Gasteiger partial charge in [0, 0.05) is 38.3 Å². The second-order valence-electron chi connectivity index (χ2n) is 6.54. The molecule has 0 bridgehead atoms. The third-order valence-corrected chi connectivity index (χ3v) is 4.01. The van der Waals surface area contributed by atoms with Crippen LogP contribution in [0.5, 0.6) is 0 Å². The average molecular weight is 286 g/mol. The topological polar surface area (TPSA) is 24.9 Å². The second kappa shape index (κ2) is 8.98. The molecule has 120 valence electrons. The summed E-state index contributed by atoms with van der Waals surface area (Å²) in [5, 5.41) is 0. The largest absolute Gasteiger partial charge is 0.376 e. The molecule has 2 atom stereocenters. The maximum atomic E-state index is 5.42. The predicted molar refractivity (Wildman–Crippen MR) is 84.2 cm³/mol. The maximum absolute atomic E-state index is 5.42. The van der Waals surface area contributed by atoms with E-state index in [1.54, 1.807) is 0 Å². The van der Waals surface area contributed by atoms with Gasteiger partial charge in [0.05, 0.1) is 25.4 Å². The highest BCUT2D eigenvalue weighted by atomic mass is 16.5. The van der Waals surface area contributed by atoms with Gasteiger partial charge >= 0.3 is 0 Å². The zero-order valence-electron chi connectivity index (χ0n) is 14.3. The van der Waals surface area contributed by atoms with E-state index in [0.717, 1.165) is 39.4 Å². The summed E-state index contributed by atoms with van der Waals surface area (Å²) in [6.45, 7) is 19.4. The third-order valence-electron chi connectivity index (χ3n) is 4.01. The summed E-state index contributed by atoms with van der Waals surface area (Å²) in [6.07, 6.45) is 0.854. The number of hydrogen-bond acceptors (Lipinski definition) is 4. The molecule has 4 heteroatoms. The molecule has 2 rings (SSSR count). The molecule has 0 saturated carbocycles. The van der Waals surface area contributed by atoms with E-state index in [2.05, 4.69) is 51.3 Å². The Morgan fingerprint density at radius 1 is 0.750 bits per heavy atom. The van der Waals surface area contributed by atoms with Crippen molar-refractivity contribution in [2.45, 2.75) is 65.8 Å². The zero-order chi connectivity index (χ0) is 15.1. The first kappa shape index (κ1) is 17.9. The SMILES string of the molecule is CC1CN(C(C)C)CCO1.CC1CN(C(C)C)CCO1. The lowest BCUT2D eigenvalue weighted by atomic mass is 10.2. The molecule has 2 aliphatic heterocycles. The summed E-state index contributed by atoms with van der Waals surface area (Å²) in [5.74, 6) is 0. The minimum absolute atomic E-state index is 0.427. The smallest absolute Gasteiger partial charge is 0.0674 e. The van der Waals surface area contributed by atoms with Crippen LogP contribution in [0.3, 0.4) is 0 Å². The molecule has 2 heterocycles. The van der Waals surface area contributed by atoms with Crippen molar-refractivity contribution in [2.24, 2.45) is 0 Å². The van der Waals surface area contributed by atoms with Crippen LogP contribution in [0.1, 0.15) is 41.5 Å². The number of morpholine rings is 2. The van der Waals surface area contributed by atoms with E-state index in [4.69, 9.17) is 9.47 Å². The Hall–Kier alpha value is -0.160. The van der Waals surface area contributed by atoms with Gasteiger partial charge in [-0.2, -0.15) is 0 Å². The Kier molecular flexibility index (Phi) is 8.03. The fraction of sp³-hybridized carbons (Fsp3) is 1.00. The number of ether oxygens (including phenoxy) is 2. The van der Waals surface area contributed by atoms with Gasteiger partial charge in [-0.1, -0.05) is 0 Å². The van der Waals surface area contributed by atoms with Crippen LogP contribution in [0.15, 0.2) is 0 Å². The van der Waals surface area contributed by atoms with Crippen molar-refractivity contribution in [2.75, 3.05) is 39.4 Å². The van der Waals surface area contributed by atoms with Gasteiger partial charge in [-0.15, -0.1) is 0 Å². The van der Waals surface area contributed by atoms with Gasteiger partial charge < -0.3 is 9.47 Å². The van der Waals surface area contributed by atoms with E-state index in [0.29, 0.717) is 24.3 Å². The fourth-order valence-corrected chi connectivity index (χ4v) is 2.63. The number of nitrogens with zero attached hydrogens (tertiary/aromatic N) is 2. The molecule has 20 heavy (non-hydrogen) atoms. The van der Waals surface area contributed by atoms with Gasteiger partial charge in [-0.25, -0.2) is 0 Å². The highest BCUT2D eigenvalue weighted by Gasteiger charge is 2.18. The molecule has 0 radical (unpaired) electrons. The van der Waals surface area contributed by atoms with E-state index in [-0.39, 0.29) is 0 Å². The minimum atomic E-state index is 0.427. The number of rotatable bonds is 2. The monoisotopic (exact) mass is 286 g/mol. The molecule has 0 aromatic heterocycles. The summed E-state index contributed by atoms with van der Waals surface area (Å²) in [7, 11) is 0. The van der Waals surface area contributed by atoms with Gasteiger partial charge in [0.25, 0.3) is 0 Å². The quantitative estimate of drug-likeness (QED) is 0.777. The van der Waals surface area contributed by atoms with Crippen LogP contribution in [0.25, 0.3) is 0 Å². The lowest BCUT2D eigenvalue weighted by Gasteiger charge is -2.33. The molecule has 0 N–H and O–H groups in total. The van der Waals surface area contributed by atoms with Crippen LogP contribution in [0, 0.1) is 0 Å². The molecule has 0 aliphatic carbocycles. The van der Waals surface area contributed by atoms with Gasteiger partial charge in [0.1, 0.15) is 0 Å². The van der Waals surface area contributed by atoms with Crippen LogP contribution in [0.2, 0.25) is 0 Å². The lowest BCUT2D eigenvalue weighted by Crippen LogP contribution is -2.44. The summed E-state index contributed by atoms with van der Waals surface area (Å²) < 4.78 is 10.8. The molecule has 2 aliphatic rings. The first-order chi connectivity index (χ1) is 9.40. The molecule has 0 aromatic rings. The van der Waals surface area contributed by atoms with Crippen LogP contribution in [-0.4, -0.2) is 73.5 Å². The van der Waals surface area contributed by atoms with Gasteiger partial charge in [0.15, 0.2) is 0 Å². The maximum Gasteiger partial charge on any atom is 0.0674 e. The zero-order valence-corrected chi connectivity index (χ0v) is 14.3. The molecule has 2 saturated heterocycles. The Morgan fingerprint density at radius 2 is 1.10 bits per heavy atom. The van der Waals surface area contributed by atoms with Gasteiger partial charge in [-0.3, -0.25) is 9.80 Å². The van der Waals surface area contributed by atoms with Gasteiger partial charge in [0.2, 0.25) is 0 Å². The molecule has 0 spiro atoms. The van der Waals surface area contributed by atoms with Crippen molar-refractivity contribution in [3.8, 4) is 0 Å².